The van der Waals surface area contributed by atoms with Crippen LogP contribution in [0.5, 0.6) is 5.75 Å². The molecule has 0 saturated carbocycles. The minimum atomic E-state index is -0.768. The van der Waals surface area contributed by atoms with Gasteiger partial charge in [-0.1, -0.05) is 18.2 Å². The summed E-state index contributed by atoms with van der Waals surface area (Å²) >= 11 is 0. The number of benzene rings is 2. The number of fused-ring (bicyclic) bond motifs is 1. The van der Waals surface area contributed by atoms with Crippen molar-refractivity contribution >= 4 is 22.5 Å². The summed E-state index contributed by atoms with van der Waals surface area (Å²) in [7, 11) is 0. The number of aliphatic hydroxyl groups is 1. The number of carbonyl (C=O) groups is 1. The van der Waals surface area contributed by atoms with Crippen molar-refractivity contribution in [2.45, 2.75) is 26.3 Å². The zero-order valence-electron chi connectivity index (χ0n) is 15.7. The molecule has 3 aromatic rings. The van der Waals surface area contributed by atoms with Crippen LogP contribution in [0.1, 0.15) is 31.1 Å². The van der Waals surface area contributed by atoms with E-state index in [9.17, 15) is 9.90 Å². The average molecular weight is 368 g/mol. The van der Waals surface area contributed by atoms with Crippen LogP contribution in [0.25, 0.3) is 22.0 Å². The minimum Gasteiger partial charge on any atom is -0.494 e. The third-order valence-electron chi connectivity index (χ3n) is 4.52. The van der Waals surface area contributed by atoms with E-state index in [0.717, 1.165) is 22.1 Å². The summed E-state index contributed by atoms with van der Waals surface area (Å²) in [5.74, 6) is 0.284. The van der Waals surface area contributed by atoms with Crippen LogP contribution in [0.2, 0.25) is 0 Å². The number of aromatic nitrogens is 2. The zero-order valence-corrected chi connectivity index (χ0v) is 15.7. The van der Waals surface area contributed by atoms with Crippen molar-refractivity contribution in [3.05, 3.63) is 42.0 Å². The number of aliphatic hydroxyl groups excluding tert-OH is 1. The predicted molar refractivity (Wildman–Crippen MR) is 106 cm³/mol. The van der Waals surface area contributed by atoms with Gasteiger partial charge in [0.15, 0.2) is 0 Å². The number of nitrogen functional groups attached to an aromatic ring is 1. The first kappa shape index (κ1) is 18.7. The monoisotopic (exact) mass is 368 g/mol. The highest BCUT2D eigenvalue weighted by Gasteiger charge is 2.29. The molecule has 5 N–H and O–H groups in total. The highest BCUT2D eigenvalue weighted by molar-refractivity contribution is 6.04. The summed E-state index contributed by atoms with van der Waals surface area (Å²) in [6, 6.07) is 11.5. The number of nitrogens with zero attached hydrogens (tertiary/aromatic N) is 2. The van der Waals surface area contributed by atoms with Crippen molar-refractivity contribution in [2.75, 3.05) is 18.9 Å². The van der Waals surface area contributed by atoms with E-state index in [1.165, 1.54) is 4.68 Å². The van der Waals surface area contributed by atoms with Crippen LogP contribution < -0.4 is 16.2 Å². The van der Waals surface area contributed by atoms with Crippen molar-refractivity contribution in [2.24, 2.45) is 5.73 Å². The number of primary amides is 1. The Bertz CT molecular complexity index is 1010. The van der Waals surface area contributed by atoms with Gasteiger partial charge in [-0.2, -0.15) is 5.10 Å². The fourth-order valence-electron chi connectivity index (χ4n) is 3.03. The fourth-order valence-corrected chi connectivity index (χ4v) is 3.03. The number of anilines is 1. The molecule has 3 rings (SSSR count). The number of carbonyl (C=O) groups excluding carboxylic acids is 1. The third-order valence-corrected chi connectivity index (χ3v) is 4.52. The number of nitrogens with two attached hydrogens (primary N) is 2. The van der Waals surface area contributed by atoms with Gasteiger partial charge in [-0.25, -0.2) is 4.68 Å². The molecule has 1 heterocycles. The molecular weight excluding hydrogens is 344 g/mol. The summed E-state index contributed by atoms with van der Waals surface area (Å²) in [5, 5.41) is 16.1. The van der Waals surface area contributed by atoms with Gasteiger partial charge in [0.25, 0.3) is 5.91 Å². The predicted octanol–water partition coefficient (Wildman–Crippen LogP) is 2.51. The molecule has 0 spiro atoms. The zero-order chi connectivity index (χ0) is 19.8. The van der Waals surface area contributed by atoms with Crippen LogP contribution in [-0.4, -0.2) is 34.0 Å². The lowest BCUT2D eigenvalue weighted by Gasteiger charge is -2.23. The third kappa shape index (κ3) is 3.33. The first-order chi connectivity index (χ1) is 12.8. The molecule has 0 radical (unpaired) electrons. The van der Waals surface area contributed by atoms with Crippen LogP contribution in [0.15, 0.2) is 36.4 Å². The molecule has 1 aromatic heterocycles. The van der Waals surface area contributed by atoms with E-state index in [4.69, 9.17) is 16.2 Å². The SMILES string of the molecule is CCOc1ccc2cc(-c3nn(C(C)(C)CO)c(N)c3C(N)=O)ccc2c1. The molecule has 0 bridgehead atoms. The maximum Gasteiger partial charge on any atom is 0.254 e. The smallest absolute Gasteiger partial charge is 0.254 e. The van der Waals surface area contributed by atoms with E-state index in [2.05, 4.69) is 5.10 Å². The maximum atomic E-state index is 12.0. The molecule has 27 heavy (non-hydrogen) atoms. The van der Waals surface area contributed by atoms with Gasteiger partial charge in [0, 0.05) is 5.56 Å². The maximum absolute atomic E-state index is 12.0. The second-order valence-corrected chi connectivity index (χ2v) is 7.01. The summed E-state index contributed by atoms with van der Waals surface area (Å²) in [6.07, 6.45) is 0. The lowest BCUT2D eigenvalue weighted by molar-refractivity contribution is 0.100. The molecular formula is C20H24N4O3. The molecule has 0 aliphatic carbocycles. The van der Waals surface area contributed by atoms with E-state index in [0.29, 0.717) is 12.3 Å². The Morgan fingerprint density at radius 2 is 1.89 bits per heavy atom. The van der Waals surface area contributed by atoms with E-state index in [-0.39, 0.29) is 18.0 Å². The Morgan fingerprint density at radius 1 is 1.22 bits per heavy atom. The molecule has 7 heteroatoms. The van der Waals surface area contributed by atoms with E-state index >= 15 is 0 Å². The molecule has 0 unspecified atom stereocenters. The quantitative estimate of drug-likeness (QED) is 0.618. The van der Waals surface area contributed by atoms with Gasteiger partial charge in [0.1, 0.15) is 22.8 Å². The van der Waals surface area contributed by atoms with Crippen molar-refractivity contribution in [3.8, 4) is 17.0 Å². The Balaban J connectivity index is 2.16. The van der Waals surface area contributed by atoms with E-state index in [1.54, 1.807) is 13.8 Å². The molecule has 0 saturated heterocycles. The Hall–Kier alpha value is -3.06. The summed E-state index contributed by atoms with van der Waals surface area (Å²) in [4.78, 5) is 12.0. The molecule has 1 amide bonds. The number of hydrogen-bond acceptors (Lipinski definition) is 5. The second-order valence-electron chi connectivity index (χ2n) is 7.01. The lowest BCUT2D eigenvalue weighted by Crippen LogP contribution is -2.32. The van der Waals surface area contributed by atoms with Crippen LogP contribution >= 0.6 is 0 Å². The Labute approximate surface area is 157 Å². The molecule has 0 aliphatic rings. The van der Waals surface area contributed by atoms with E-state index < -0.39 is 11.4 Å². The molecule has 142 valence electrons. The highest BCUT2D eigenvalue weighted by Crippen LogP contribution is 2.33. The molecule has 7 nitrogen and oxygen atoms in total. The van der Waals surface area contributed by atoms with Crippen LogP contribution in [0.3, 0.4) is 0 Å². The van der Waals surface area contributed by atoms with Crippen molar-refractivity contribution < 1.29 is 14.6 Å². The van der Waals surface area contributed by atoms with Crippen molar-refractivity contribution in [1.29, 1.82) is 0 Å². The first-order valence-electron chi connectivity index (χ1n) is 8.75. The highest BCUT2D eigenvalue weighted by atomic mass is 16.5. The normalized spacial score (nSPS) is 11.7. The van der Waals surface area contributed by atoms with Gasteiger partial charge in [-0.15, -0.1) is 0 Å². The summed E-state index contributed by atoms with van der Waals surface area (Å²) in [6.45, 7) is 5.91. The number of rotatable bonds is 6. The Kier molecular flexibility index (Phi) is 4.80. The summed E-state index contributed by atoms with van der Waals surface area (Å²) < 4.78 is 6.98. The van der Waals surface area contributed by atoms with Crippen LogP contribution in [0, 0.1) is 0 Å². The van der Waals surface area contributed by atoms with E-state index in [1.807, 2.05) is 43.3 Å². The van der Waals surface area contributed by atoms with Crippen molar-refractivity contribution in [3.63, 3.8) is 0 Å². The van der Waals surface area contributed by atoms with Crippen LogP contribution in [0.4, 0.5) is 5.82 Å². The molecule has 0 fully saturated rings. The minimum absolute atomic E-state index is 0.142. The fraction of sp³-hybridized carbons (Fsp3) is 0.300. The standard InChI is InChI=1S/C20H24N4O3/c1-4-27-15-8-7-12-9-14(6-5-13(12)10-15)17-16(19(22)26)18(21)24(23-17)20(2,3)11-25/h5-10,25H,4,11,21H2,1-3H3,(H2,22,26). The molecule has 0 aliphatic heterocycles. The largest absolute Gasteiger partial charge is 0.494 e. The lowest BCUT2D eigenvalue weighted by atomic mass is 10.0. The Morgan fingerprint density at radius 3 is 2.52 bits per heavy atom. The van der Waals surface area contributed by atoms with Gasteiger partial charge in [-0.05, 0) is 49.7 Å². The second kappa shape index (κ2) is 6.92. The topological polar surface area (TPSA) is 116 Å². The van der Waals surface area contributed by atoms with Gasteiger partial charge < -0.3 is 21.3 Å². The van der Waals surface area contributed by atoms with Gasteiger partial charge in [0.05, 0.1) is 18.8 Å². The van der Waals surface area contributed by atoms with Gasteiger partial charge in [0.2, 0.25) is 0 Å². The van der Waals surface area contributed by atoms with Gasteiger partial charge >= 0.3 is 0 Å². The first-order valence-corrected chi connectivity index (χ1v) is 8.75. The molecule has 0 atom stereocenters. The average Bonchev–Trinajstić information content (AvgIpc) is 3.00. The van der Waals surface area contributed by atoms with Gasteiger partial charge in [-0.3, -0.25) is 4.79 Å². The summed E-state index contributed by atoms with van der Waals surface area (Å²) in [5.41, 5.74) is 12.2. The number of ether oxygens (including phenoxy) is 1. The number of hydrogen-bond donors (Lipinski definition) is 3. The van der Waals surface area contributed by atoms with Crippen molar-refractivity contribution in [1.82, 2.24) is 9.78 Å². The molecule has 2 aromatic carbocycles. The van der Waals surface area contributed by atoms with Crippen LogP contribution in [-0.2, 0) is 5.54 Å². The number of amides is 1.